The van der Waals surface area contributed by atoms with E-state index in [1.54, 1.807) is 14.0 Å². The molecule has 1 aromatic carbocycles. The number of aryl methyl sites for hydroxylation is 1. The van der Waals surface area contributed by atoms with Crippen molar-refractivity contribution in [2.24, 2.45) is 5.92 Å². The predicted octanol–water partition coefficient (Wildman–Crippen LogP) is 2.33. The van der Waals surface area contributed by atoms with Crippen LogP contribution in [0.1, 0.15) is 35.2 Å². The topological polar surface area (TPSA) is 77.9 Å². The summed E-state index contributed by atoms with van der Waals surface area (Å²) in [5.41, 5.74) is -0.348. The molecule has 0 saturated carbocycles. The lowest BCUT2D eigenvalue weighted by Crippen LogP contribution is -2.57. The van der Waals surface area contributed by atoms with Gasteiger partial charge < -0.3 is 14.9 Å². The van der Waals surface area contributed by atoms with Gasteiger partial charge in [-0.15, -0.1) is 0 Å². The number of carboxylic acids is 1. The Balaban J connectivity index is 1.83. The quantitative estimate of drug-likeness (QED) is 0.851. The van der Waals surface area contributed by atoms with Gasteiger partial charge in [-0.05, 0) is 31.4 Å². The first-order chi connectivity index (χ1) is 12.2. The Labute approximate surface area is 155 Å². The van der Waals surface area contributed by atoms with Gasteiger partial charge in [-0.25, -0.2) is 4.39 Å². The summed E-state index contributed by atoms with van der Waals surface area (Å²) in [6, 6.07) is 2.72. The molecule has 0 aliphatic carbocycles. The predicted molar refractivity (Wildman–Crippen MR) is 92.5 cm³/mol. The van der Waals surface area contributed by atoms with Crippen LogP contribution in [0.5, 0.6) is 0 Å². The zero-order valence-corrected chi connectivity index (χ0v) is 15.3. The van der Waals surface area contributed by atoms with Crippen LogP contribution in [0, 0.1) is 18.7 Å². The zero-order valence-electron chi connectivity index (χ0n) is 14.6. The maximum atomic E-state index is 14.1. The molecule has 140 valence electrons. The maximum Gasteiger partial charge on any atom is 0.309 e. The summed E-state index contributed by atoms with van der Waals surface area (Å²) < 4.78 is 14.1. The van der Waals surface area contributed by atoms with Crippen LogP contribution < -0.4 is 0 Å². The van der Waals surface area contributed by atoms with Gasteiger partial charge in [0.1, 0.15) is 5.82 Å². The van der Waals surface area contributed by atoms with Crippen molar-refractivity contribution >= 4 is 29.4 Å². The second-order valence-corrected chi connectivity index (χ2v) is 7.37. The fourth-order valence-electron chi connectivity index (χ4n) is 4.09. The molecule has 1 N–H and O–H groups in total. The Kier molecular flexibility index (Phi) is 4.69. The first-order valence-corrected chi connectivity index (χ1v) is 8.80. The molecule has 0 radical (unpaired) electrons. The highest BCUT2D eigenvalue weighted by Gasteiger charge is 2.55. The lowest BCUT2D eigenvalue weighted by atomic mass is 9.77. The van der Waals surface area contributed by atoms with Crippen molar-refractivity contribution in [3.63, 3.8) is 0 Å². The van der Waals surface area contributed by atoms with Crippen LogP contribution in [-0.2, 0) is 9.59 Å². The second-order valence-electron chi connectivity index (χ2n) is 7.00. The number of piperidine rings is 1. The molecule has 1 spiro atoms. The average molecular weight is 383 g/mol. The van der Waals surface area contributed by atoms with Crippen LogP contribution in [0.25, 0.3) is 0 Å². The van der Waals surface area contributed by atoms with Crippen molar-refractivity contribution in [3.05, 3.63) is 34.1 Å². The number of likely N-dealkylation sites (tertiary alicyclic amines) is 2. The molecule has 0 bridgehead atoms. The molecule has 0 unspecified atom stereocenters. The number of rotatable bonds is 2. The van der Waals surface area contributed by atoms with E-state index in [0.717, 1.165) is 0 Å². The number of halogens is 2. The van der Waals surface area contributed by atoms with Gasteiger partial charge in [0, 0.05) is 26.6 Å². The molecule has 6 nitrogen and oxygen atoms in total. The Bertz CT molecular complexity index is 790. The largest absolute Gasteiger partial charge is 0.481 e. The number of carbonyl (C=O) groups excluding carboxylic acids is 2. The molecule has 2 heterocycles. The normalized spacial score (nSPS) is 22.2. The van der Waals surface area contributed by atoms with Gasteiger partial charge in [0.25, 0.3) is 5.91 Å². The van der Waals surface area contributed by atoms with E-state index in [1.165, 1.54) is 21.9 Å². The number of aliphatic carboxylic acids is 1. The number of hydrogen-bond acceptors (Lipinski definition) is 3. The number of nitrogens with zero attached hydrogens (tertiary/aromatic N) is 2. The maximum absolute atomic E-state index is 14.1. The SMILES string of the molecule is Cc1ccc(F)c(C(=O)N2CCC3(CC2)[C@@H](C(=O)O)CC(=O)N3C)c1Cl. The molecule has 8 heteroatoms. The van der Waals surface area contributed by atoms with E-state index in [-0.39, 0.29) is 36.0 Å². The molecule has 2 amide bonds. The van der Waals surface area contributed by atoms with E-state index in [9.17, 15) is 23.9 Å². The summed E-state index contributed by atoms with van der Waals surface area (Å²) in [4.78, 5) is 39.4. The van der Waals surface area contributed by atoms with Gasteiger partial charge in [-0.1, -0.05) is 17.7 Å². The number of hydrogen-bond donors (Lipinski definition) is 1. The highest BCUT2D eigenvalue weighted by atomic mass is 35.5. The summed E-state index contributed by atoms with van der Waals surface area (Å²) in [6.45, 7) is 2.17. The van der Waals surface area contributed by atoms with Crippen LogP contribution in [0.3, 0.4) is 0 Å². The smallest absolute Gasteiger partial charge is 0.309 e. The minimum absolute atomic E-state index is 0.0296. The Morgan fingerprint density at radius 2 is 1.92 bits per heavy atom. The Hall–Kier alpha value is -2.15. The minimum Gasteiger partial charge on any atom is -0.481 e. The van der Waals surface area contributed by atoms with Gasteiger partial charge in [0.05, 0.1) is 22.0 Å². The number of amides is 2. The fraction of sp³-hybridized carbons (Fsp3) is 0.500. The first-order valence-electron chi connectivity index (χ1n) is 8.42. The molecule has 0 aromatic heterocycles. The lowest BCUT2D eigenvalue weighted by Gasteiger charge is -2.45. The van der Waals surface area contributed by atoms with E-state index in [1.807, 2.05) is 0 Å². The van der Waals surface area contributed by atoms with Crippen LogP contribution in [-0.4, -0.2) is 58.4 Å². The van der Waals surface area contributed by atoms with Crippen LogP contribution in [0.2, 0.25) is 5.02 Å². The highest BCUT2D eigenvalue weighted by molar-refractivity contribution is 6.34. The van der Waals surface area contributed by atoms with Gasteiger partial charge in [0.15, 0.2) is 0 Å². The van der Waals surface area contributed by atoms with Crippen molar-refractivity contribution in [1.82, 2.24) is 9.80 Å². The van der Waals surface area contributed by atoms with Crippen molar-refractivity contribution in [2.75, 3.05) is 20.1 Å². The molecule has 26 heavy (non-hydrogen) atoms. The van der Waals surface area contributed by atoms with E-state index < -0.39 is 29.2 Å². The van der Waals surface area contributed by atoms with Crippen molar-refractivity contribution < 1.29 is 23.9 Å². The monoisotopic (exact) mass is 382 g/mol. The van der Waals surface area contributed by atoms with Crippen molar-refractivity contribution in [1.29, 1.82) is 0 Å². The molecule has 1 atom stereocenters. The lowest BCUT2D eigenvalue weighted by molar-refractivity contribution is -0.145. The van der Waals surface area contributed by atoms with E-state index in [2.05, 4.69) is 0 Å². The fourth-order valence-corrected chi connectivity index (χ4v) is 4.33. The molecular weight excluding hydrogens is 363 g/mol. The van der Waals surface area contributed by atoms with E-state index in [4.69, 9.17) is 11.6 Å². The third-order valence-corrected chi connectivity index (χ3v) is 6.27. The molecular formula is C18H20ClFN2O4. The van der Waals surface area contributed by atoms with Crippen LogP contribution >= 0.6 is 11.6 Å². The summed E-state index contributed by atoms with van der Waals surface area (Å²) in [6.07, 6.45) is 0.643. The van der Waals surface area contributed by atoms with Crippen LogP contribution in [0.4, 0.5) is 4.39 Å². The molecule has 2 fully saturated rings. The average Bonchev–Trinajstić information content (AvgIpc) is 2.84. The number of carbonyl (C=O) groups is 3. The van der Waals surface area contributed by atoms with Gasteiger partial charge >= 0.3 is 5.97 Å². The Morgan fingerprint density at radius 1 is 1.31 bits per heavy atom. The number of benzene rings is 1. The first kappa shape index (κ1) is 18.6. The minimum atomic E-state index is -1.00. The standard InChI is InChI=1S/C18H20ClFN2O4/c1-10-3-4-12(20)14(15(10)19)16(24)22-7-5-18(6-8-22)11(17(25)26)9-13(23)21(18)2/h3-4,11H,5-9H2,1-2H3,(H,25,26)/t11-/m1/s1. The Morgan fingerprint density at radius 3 is 2.50 bits per heavy atom. The molecule has 2 aliphatic rings. The summed E-state index contributed by atoms with van der Waals surface area (Å²) >= 11 is 6.12. The number of carboxylic acid groups (broad SMARTS) is 1. The molecule has 2 saturated heterocycles. The summed E-state index contributed by atoms with van der Waals surface area (Å²) in [7, 11) is 1.61. The van der Waals surface area contributed by atoms with Gasteiger partial charge in [-0.2, -0.15) is 0 Å². The van der Waals surface area contributed by atoms with E-state index in [0.29, 0.717) is 18.4 Å². The van der Waals surface area contributed by atoms with E-state index >= 15 is 0 Å². The van der Waals surface area contributed by atoms with Crippen LogP contribution in [0.15, 0.2) is 12.1 Å². The third kappa shape index (κ3) is 2.74. The van der Waals surface area contributed by atoms with Crippen molar-refractivity contribution in [3.8, 4) is 0 Å². The van der Waals surface area contributed by atoms with Gasteiger partial charge in [0.2, 0.25) is 5.91 Å². The molecule has 2 aliphatic heterocycles. The summed E-state index contributed by atoms with van der Waals surface area (Å²) in [5, 5.41) is 9.59. The highest BCUT2D eigenvalue weighted by Crippen LogP contribution is 2.43. The second kappa shape index (κ2) is 6.54. The third-order valence-electron chi connectivity index (χ3n) is 5.78. The summed E-state index contributed by atoms with van der Waals surface area (Å²) in [5.74, 6) is -3.19. The zero-order chi connectivity index (χ0) is 19.2. The molecule has 3 rings (SSSR count). The van der Waals surface area contributed by atoms with Crippen molar-refractivity contribution in [2.45, 2.75) is 31.7 Å². The molecule has 1 aromatic rings. The van der Waals surface area contributed by atoms with Gasteiger partial charge in [-0.3, -0.25) is 14.4 Å².